The number of thiazole rings is 1. The molecule has 0 aliphatic rings. The van der Waals surface area contributed by atoms with Gasteiger partial charge in [0, 0.05) is 33.4 Å². The van der Waals surface area contributed by atoms with Gasteiger partial charge in [0.05, 0.1) is 10.2 Å². The van der Waals surface area contributed by atoms with Crippen molar-refractivity contribution >= 4 is 71.3 Å². The van der Waals surface area contributed by atoms with E-state index < -0.39 is 0 Å². The number of benzene rings is 8. The lowest BCUT2D eigenvalue weighted by molar-refractivity contribution is 0.669. The van der Waals surface area contributed by atoms with Gasteiger partial charge < -0.3 is 9.32 Å². The highest BCUT2D eigenvalue weighted by atomic mass is 32.1. The number of hydrogen-bond acceptors (Lipinski definition) is 4. The third-order valence-electron chi connectivity index (χ3n) is 9.69. The smallest absolute Gasteiger partial charge is 0.137 e. The Morgan fingerprint density at radius 2 is 1.00 bits per heavy atom. The molecule has 0 radical (unpaired) electrons. The fourth-order valence-electron chi connectivity index (χ4n) is 7.13. The largest absolute Gasteiger partial charge is 0.456 e. The first-order valence-electron chi connectivity index (χ1n) is 17.1. The van der Waals surface area contributed by atoms with Crippen LogP contribution in [0.4, 0.5) is 17.1 Å². The molecule has 0 bridgehead atoms. The third-order valence-corrected chi connectivity index (χ3v) is 10.8. The van der Waals surface area contributed by atoms with Gasteiger partial charge in [-0.05, 0) is 93.7 Å². The van der Waals surface area contributed by atoms with Gasteiger partial charge in [0.1, 0.15) is 16.2 Å². The summed E-state index contributed by atoms with van der Waals surface area (Å²) in [6.07, 6.45) is 0. The molecule has 0 fully saturated rings. The van der Waals surface area contributed by atoms with Gasteiger partial charge in [-0.15, -0.1) is 11.3 Å². The molecular formula is C47H30N2OS. The maximum Gasteiger partial charge on any atom is 0.137 e. The maximum absolute atomic E-state index is 6.35. The first-order chi connectivity index (χ1) is 25.2. The van der Waals surface area contributed by atoms with E-state index in [1.165, 1.54) is 21.9 Å². The van der Waals surface area contributed by atoms with Crippen LogP contribution in [-0.2, 0) is 0 Å². The van der Waals surface area contributed by atoms with Gasteiger partial charge in [-0.25, -0.2) is 4.98 Å². The van der Waals surface area contributed by atoms with Crippen molar-refractivity contribution in [3.05, 3.63) is 182 Å². The monoisotopic (exact) mass is 670 g/mol. The van der Waals surface area contributed by atoms with E-state index in [-0.39, 0.29) is 0 Å². The number of furan rings is 1. The molecule has 0 unspecified atom stereocenters. The van der Waals surface area contributed by atoms with Gasteiger partial charge >= 0.3 is 0 Å². The standard InChI is InChI=1S/C47H30N2OS/c1-3-9-31(10-4-1)33-15-21-38(22-16-33)49(40-25-19-32-11-7-8-14-36(32)29-40)39-23-17-34(18-24-39)37-20-27-43-41(30-37)45-44(50-43)28-26-42-46(45)51-47(48-42)35-12-5-2-6-13-35/h1-30H. The molecule has 0 spiro atoms. The fraction of sp³-hybridized carbons (Fsp3) is 0. The molecule has 10 aromatic rings. The Morgan fingerprint density at radius 1 is 0.431 bits per heavy atom. The summed E-state index contributed by atoms with van der Waals surface area (Å²) in [6, 6.07) is 64.5. The lowest BCUT2D eigenvalue weighted by Crippen LogP contribution is -2.09. The zero-order valence-electron chi connectivity index (χ0n) is 27.5. The molecule has 0 amide bonds. The first kappa shape index (κ1) is 29.4. The molecule has 4 heteroatoms. The normalized spacial score (nSPS) is 11.5. The van der Waals surface area contributed by atoms with E-state index in [9.17, 15) is 0 Å². The SMILES string of the molecule is c1ccc(-c2ccc(N(c3ccc(-c4ccc5oc6ccc7nc(-c8ccccc8)sc7c6c5c4)cc3)c3ccc4ccccc4c3)cc2)cc1. The highest BCUT2D eigenvalue weighted by Crippen LogP contribution is 2.42. The number of rotatable bonds is 6. The van der Waals surface area contributed by atoms with Crippen molar-refractivity contribution in [2.45, 2.75) is 0 Å². The molecule has 0 aliphatic carbocycles. The van der Waals surface area contributed by atoms with E-state index in [1.807, 2.05) is 12.1 Å². The topological polar surface area (TPSA) is 29.3 Å². The van der Waals surface area contributed by atoms with Crippen molar-refractivity contribution in [1.82, 2.24) is 4.98 Å². The van der Waals surface area contributed by atoms with Gasteiger partial charge in [-0.1, -0.05) is 121 Å². The molecule has 240 valence electrons. The summed E-state index contributed by atoms with van der Waals surface area (Å²) in [7, 11) is 0. The first-order valence-corrected chi connectivity index (χ1v) is 17.9. The second kappa shape index (κ2) is 12.1. The quantitative estimate of drug-likeness (QED) is 0.176. The van der Waals surface area contributed by atoms with Gasteiger partial charge in [0.15, 0.2) is 0 Å². The molecule has 0 saturated heterocycles. The van der Waals surface area contributed by atoms with E-state index in [0.717, 1.165) is 70.9 Å². The van der Waals surface area contributed by atoms with Crippen molar-refractivity contribution in [3.8, 4) is 32.8 Å². The van der Waals surface area contributed by atoms with Crippen LogP contribution >= 0.6 is 11.3 Å². The van der Waals surface area contributed by atoms with E-state index in [4.69, 9.17) is 9.40 Å². The average molecular weight is 671 g/mol. The highest BCUT2D eigenvalue weighted by Gasteiger charge is 2.17. The zero-order chi connectivity index (χ0) is 33.7. The average Bonchev–Trinajstić information content (AvgIpc) is 3.81. The summed E-state index contributed by atoms with van der Waals surface area (Å²) in [5.41, 5.74) is 11.9. The number of aromatic nitrogens is 1. The second-order valence-electron chi connectivity index (χ2n) is 12.8. The second-order valence-corrected chi connectivity index (χ2v) is 13.8. The van der Waals surface area contributed by atoms with Gasteiger partial charge in [-0.3, -0.25) is 0 Å². The fourth-order valence-corrected chi connectivity index (χ4v) is 8.25. The van der Waals surface area contributed by atoms with Crippen molar-refractivity contribution in [1.29, 1.82) is 0 Å². The molecule has 2 aromatic heterocycles. The summed E-state index contributed by atoms with van der Waals surface area (Å²) in [5, 5.41) is 5.69. The highest BCUT2D eigenvalue weighted by molar-refractivity contribution is 7.22. The molecule has 0 atom stereocenters. The molecule has 8 aromatic carbocycles. The summed E-state index contributed by atoms with van der Waals surface area (Å²) < 4.78 is 7.51. The van der Waals surface area contributed by atoms with E-state index in [1.54, 1.807) is 11.3 Å². The third kappa shape index (κ3) is 5.25. The minimum Gasteiger partial charge on any atom is -0.456 e. The lowest BCUT2D eigenvalue weighted by atomic mass is 10.0. The molecule has 0 N–H and O–H groups in total. The Kier molecular flexibility index (Phi) is 7.00. The Balaban J connectivity index is 1.05. The van der Waals surface area contributed by atoms with Crippen molar-refractivity contribution in [3.63, 3.8) is 0 Å². The number of fused-ring (bicyclic) bond motifs is 6. The van der Waals surface area contributed by atoms with E-state index in [0.29, 0.717) is 0 Å². The predicted octanol–water partition coefficient (Wildman–Crippen LogP) is 13.8. The van der Waals surface area contributed by atoms with Gasteiger partial charge in [0.25, 0.3) is 0 Å². The molecule has 10 rings (SSSR count). The van der Waals surface area contributed by atoms with Gasteiger partial charge in [-0.2, -0.15) is 0 Å². The van der Waals surface area contributed by atoms with E-state index in [2.05, 4.69) is 175 Å². The Hall–Kier alpha value is -6.49. The maximum atomic E-state index is 6.35. The summed E-state index contributed by atoms with van der Waals surface area (Å²) in [4.78, 5) is 7.32. The molecule has 3 nitrogen and oxygen atoms in total. The van der Waals surface area contributed by atoms with Crippen molar-refractivity contribution in [2.75, 3.05) is 4.90 Å². The molecule has 0 aliphatic heterocycles. The van der Waals surface area contributed by atoms with Crippen molar-refractivity contribution in [2.24, 2.45) is 0 Å². The summed E-state index contributed by atoms with van der Waals surface area (Å²) in [6.45, 7) is 0. The van der Waals surface area contributed by atoms with Crippen LogP contribution in [-0.4, -0.2) is 4.98 Å². The molecule has 2 heterocycles. The van der Waals surface area contributed by atoms with Crippen molar-refractivity contribution < 1.29 is 4.42 Å². The van der Waals surface area contributed by atoms with Crippen LogP contribution in [0.5, 0.6) is 0 Å². The lowest BCUT2D eigenvalue weighted by Gasteiger charge is -2.26. The Bertz CT molecular complexity index is 2840. The predicted molar refractivity (Wildman–Crippen MR) is 215 cm³/mol. The number of nitrogens with zero attached hydrogens (tertiary/aromatic N) is 2. The molecule has 0 saturated carbocycles. The Morgan fingerprint density at radius 3 is 1.73 bits per heavy atom. The van der Waals surface area contributed by atoms with Crippen LogP contribution in [0.15, 0.2) is 186 Å². The van der Waals surface area contributed by atoms with E-state index >= 15 is 0 Å². The Labute approximate surface area is 299 Å². The van der Waals surface area contributed by atoms with Crippen LogP contribution in [0.1, 0.15) is 0 Å². The minimum absolute atomic E-state index is 0.883. The molecule has 51 heavy (non-hydrogen) atoms. The van der Waals surface area contributed by atoms with Crippen LogP contribution in [0.3, 0.4) is 0 Å². The van der Waals surface area contributed by atoms with Crippen LogP contribution in [0, 0.1) is 0 Å². The minimum atomic E-state index is 0.883. The van der Waals surface area contributed by atoms with Crippen LogP contribution in [0.25, 0.3) is 75.8 Å². The van der Waals surface area contributed by atoms with Gasteiger partial charge in [0.2, 0.25) is 0 Å². The number of anilines is 3. The summed E-state index contributed by atoms with van der Waals surface area (Å²) in [5.74, 6) is 0. The van der Waals surface area contributed by atoms with Crippen LogP contribution in [0.2, 0.25) is 0 Å². The zero-order valence-corrected chi connectivity index (χ0v) is 28.3. The molecular weight excluding hydrogens is 641 g/mol. The van der Waals surface area contributed by atoms with Crippen LogP contribution < -0.4 is 4.90 Å². The summed E-state index contributed by atoms with van der Waals surface area (Å²) >= 11 is 1.73. The number of hydrogen-bond donors (Lipinski definition) is 0.